The minimum atomic E-state index is -4.03. The van der Waals surface area contributed by atoms with E-state index in [0.29, 0.717) is 29.1 Å². The third-order valence-electron chi connectivity index (χ3n) is 5.98. The van der Waals surface area contributed by atoms with Gasteiger partial charge >= 0.3 is 5.97 Å². The number of fused-ring (bicyclic) bond motifs is 1. The van der Waals surface area contributed by atoms with Gasteiger partial charge in [0.1, 0.15) is 11.7 Å². The molecule has 12 nitrogen and oxygen atoms in total. The Morgan fingerprint density at radius 3 is 2.51 bits per heavy atom. The Morgan fingerprint density at radius 2 is 1.90 bits per heavy atom. The van der Waals surface area contributed by atoms with Crippen LogP contribution in [0.15, 0.2) is 59.8 Å². The van der Waals surface area contributed by atoms with Crippen molar-refractivity contribution in [2.24, 2.45) is 19.8 Å². The molecular weight excluding hydrogens is 544 g/mol. The van der Waals surface area contributed by atoms with Gasteiger partial charge in [0.2, 0.25) is 0 Å². The standard InChI is InChI=1S/C25H30N8O4S.ClH/c1-4-37-24(34)11-12-33(19-14-29-31(2)16-19)38(35,36)20-9-10-22-21(13-20)30-23(32(22)3)15-28-18-7-5-17(6-8-18)25(26)27;/h5-10,13-14,16,28H,4,11-12,15H2,1-3H3,(H3,26,27);1H. The Labute approximate surface area is 232 Å². The van der Waals surface area contributed by atoms with Gasteiger partial charge in [-0.05, 0) is 49.4 Å². The van der Waals surface area contributed by atoms with Crippen molar-refractivity contribution in [3.63, 3.8) is 0 Å². The van der Waals surface area contributed by atoms with Gasteiger partial charge in [-0.15, -0.1) is 12.4 Å². The number of carbonyl (C=O) groups excluding carboxylic acids is 1. The van der Waals surface area contributed by atoms with Crippen molar-refractivity contribution in [1.82, 2.24) is 19.3 Å². The second-order valence-corrected chi connectivity index (χ2v) is 10.4. The van der Waals surface area contributed by atoms with Crippen LogP contribution in [0.2, 0.25) is 0 Å². The maximum absolute atomic E-state index is 13.7. The molecule has 0 unspecified atom stereocenters. The lowest BCUT2D eigenvalue weighted by Crippen LogP contribution is -2.33. The number of sulfonamides is 1. The Morgan fingerprint density at radius 1 is 1.18 bits per heavy atom. The summed E-state index contributed by atoms with van der Waals surface area (Å²) in [5.74, 6) is 0.224. The second-order valence-electron chi connectivity index (χ2n) is 8.59. The molecule has 0 aliphatic heterocycles. The molecule has 0 amide bonds. The number of ether oxygens (including phenoxy) is 1. The number of aromatic nitrogens is 4. The van der Waals surface area contributed by atoms with Gasteiger partial charge in [0, 0.05) is 38.1 Å². The summed E-state index contributed by atoms with van der Waals surface area (Å²) in [4.78, 5) is 16.7. The number of rotatable bonds is 11. The Balaban J connectivity index is 0.00000420. The van der Waals surface area contributed by atoms with Crippen LogP contribution in [0.5, 0.6) is 0 Å². The summed E-state index contributed by atoms with van der Waals surface area (Å²) in [5, 5.41) is 14.9. The number of amidine groups is 1. The molecule has 0 bridgehead atoms. The molecule has 208 valence electrons. The number of esters is 1. The van der Waals surface area contributed by atoms with Crippen molar-refractivity contribution >= 4 is 56.6 Å². The summed E-state index contributed by atoms with van der Waals surface area (Å²) in [6, 6.07) is 11.9. The molecule has 2 aromatic carbocycles. The maximum Gasteiger partial charge on any atom is 0.307 e. The molecule has 39 heavy (non-hydrogen) atoms. The van der Waals surface area contributed by atoms with Gasteiger partial charge in [-0.3, -0.25) is 19.2 Å². The summed E-state index contributed by atoms with van der Waals surface area (Å²) in [6.45, 7) is 2.22. The van der Waals surface area contributed by atoms with E-state index >= 15 is 0 Å². The van der Waals surface area contributed by atoms with E-state index in [4.69, 9.17) is 15.9 Å². The molecule has 0 radical (unpaired) electrons. The van der Waals surface area contributed by atoms with Crippen molar-refractivity contribution in [3.05, 3.63) is 66.2 Å². The second kappa shape index (κ2) is 12.2. The molecular formula is C25H31ClN8O4S. The van der Waals surface area contributed by atoms with Gasteiger partial charge in [-0.1, -0.05) is 0 Å². The largest absolute Gasteiger partial charge is 0.466 e. The van der Waals surface area contributed by atoms with Crippen molar-refractivity contribution < 1.29 is 17.9 Å². The summed E-state index contributed by atoms with van der Waals surface area (Å²) in [6.07, 6.45) is 2.92. The SMILES string of the molecule is CCOC(=O)CCN(c1cnn(C)c1)S(=O)(=O)c1ccc2c(c1)nc(CNc1ccc(C(=N)N)cc1)n2C.Cl. The van der Waals surface area contributed by atoms with E-state index in [0.717, 1.165) is 15.5 Å². The quantitative estimate of drug-likeness (QED) is 0.140. The zero-order valence-electron chi connectivity index (χ0n) is 21.8. The first-order valence-corrected chi connectivity index (χ1v) is 13.3. The highest BCUT2D eigenvalue weighted by Gasteiger charge is 2.27. The van der Waals surface area contributed by atoms with Crippen LogP contribution in [-0.4, -0.2) is 52.7 Å². The molecule has 0 fully saturated rings. The topological polar surface area (TPSA) is 161 Å². The first-order valence-electron chi connectivity index (χ1n) is 11.9. The van der Waals surface area contributed by atoms with Gasteiger partial charge in [-0.2, -0.15) is 5.10 Å². The van der Waals surface area contributed by atoms with Crippen LogP contribution >= 0.6 is 12.4 Å². The van der Waals surface area contributed by atoms with Gasteiger partial charge in [0.15, 0.2) is 0 Å². The fraction of sp³-hybridized carbons (Fsp3) is 0.280. The van der Waals surface area contributed by atoms with Crippen molar-refractivity contribution in [1.29, 1.82) is 5.41 Å². The summed E-state index contributed by atoms with van der Waals surface area (Å²) in [5.41, 5.74) is 8.61. The van der Waals surface area contributed by atoms with E-state index < -0.39 is 16.0 Å². The van der Waals surface area contributed by atoms with Gasteiger partial charge in [0.25, 0.3) is 10.0 Å². The molecule has 0 aliphatic carbocycles. The number of carbonyl (C=O) groups is 1. The number of imidazole rings is 1. The predicted molar refractivity (Wildman–Crippen MR) is 152 cm³/mol. The Bertz CT molecular complexity index is 1580. The van der Waals surface area contributed by atoms with Crippen LogP contribution in [0.25, 0.3) is 11.0 Å². The van der Waals surface area contributed by atoms with E-state index in [-0.39, 0.29) is 42.7 Å². The van der Waals surface area contributed by atoms with Crippen LogP contribution in [0.3, 0.4) is 0 Å². The third-order valence-corrected chi connectivity index (χ3v) is 7.81. The van der Waals surface area contributed by atoms with E-state index in [9.17, 15) is 13.2 Å². The molecule has 0 atom stereocenters. The molecule has 0 spiro atoms. The average Bonchev–Trinajstić information content (AvgIpc) is 3.45. The molecule has 4 aromatic rings. The third kappa shape index (κ3) is 6.49. The molecule has 2 aromatic heterocycles. The summed E-state index contributed by atoms with van der Waals surface area (Å²) < 4.78 is 36.9. The predicted octanol–water partition coefficient (Wildman–Crippen LogP) is 2.77. The molecule has 2 heterocycles. The van der Waals surface area contributed by atoms with E-state index in [2.05, 4.69) is 15.4 Å². The fourth-order valence-corrected chi connectivity index (χ4v) is 5.43. The number of anilines is 2. The number of halogens is 1. The van der Waals surface area contributed by atoms with Crippen LogP contribution in [0, 0.1) is 5.41 Å². The molecule has 4 N–H and O–H groups in total. The number of nitrogen functional groups attached to an aromatic ring is 1. The van der Waals surface area contributed by atoms with Crippen molar-refractivity contribution in [2.45, 2.75) is 24.8 Å². The highest BCUT2D eigenvalue weighted by Crippen LogP contribution is 2.27. The zero-order valence-corrected chi connectivity index (χ0v) is 23.4. The number of nitrogens with zero attached hydrogens (tertiary/aromatic N) is 5. The van der Waals surface area contributed by atoms with Gasteiger partial charge in [0.05, 0.1) is 47.4 Å². The number of nitrogens with two attached hydrogens (primary N) is 1. The number of hydrogen-bond acceptors (Lipinski definition) is 8. The van der Waals surface area contributed by atoms with Gasteiger partial charge in [-0.25, -0.2) is 13.4 Å². The smallest absolute Gasteiger partial charge is 0.307 e. The number of nitrogens with one attached hydrogen (secondary N) is 2. The van der Waals surface area contributed by atoms with Gasteiger partial charge < -0.3 is 20.4 Å². The number of aryl methyl sites for hydroxylation is 2. The number of benzene rings is 2. The average molecular weight is 575 g/mol. The lowest BCUT2D eigenvalue weighted by atomic mass is 10.2. The van der Waals surface area contributed by atoms with Crippen molar-refractivity contribution in [2.75, 3.05) is 22.8 Å². The summed E-state index contributed by atoms with van der Waals surface area (Å²) in [7, 11) is -0.484. The minimum absolute atomic E-state index is 0. The zero-order chi connectivity index (χ0) is 27.4. The van der Waals surface area contributed by atoms with E-state index in [1.54, 1.807) is 38.4 Å². The normalized spacial score (nSPS) is 11.2. The fourth-order valence-electron chi connectivity index (χ4n) is 3.98. The van der Waals surface area contributed by atoms with Crippen LogP contribution in [0.4, 0.5) is 11.4 Å². The molecule has 0 saturated heterocycles. The maximum atomic E-state index is 13.7. The van der Waals surface area contributed by atoms with E-state index in [1.807, 2.05) is 23.7 Å². The first-order chi connectivity index (χ1) is 18.1. The van der Waals surface area contributed by atoms with E-state index in [1.165, 1.54) is 23.0 Å². The monoisotopic (exact) mass is 574 g/mol. The van der Waals surface area contributed by atoms with Crippen LogP contribution in [-0.2, 0) is 40.2 Å². The minimum Gasteiger partial charge on any atom is -0.466 e. The first kappa shape index (κ1) is 29.5. The summed E-state index contributed by atoms with van der Waals surface area (Å²) >= 11 is 0. The van der Waals surface area contributed by atoms with Crippen LogP contribution in [0.1, 0.15) is 24.7 Å². The molecule has 14 heteroatoms. The Hall–Kier alpha value is -4.10. The highest BCUT2D eigenvalue weighted by molar-refractivity contribution is 7.92. The Kier molecular flexibility index (Phi) is 9.20. The molecule has 0 aliphatic rings. The molecule has 0 saturated carbocycles. The lowest BCUT2D eigenvalue weighted by Gasteiger charge is -2.22. The molecule has 4 rings (SSSR count). The number of hydrogen-bond donors (Lipinski definition) is 3. The van der Waals surface area contributed by atoms with Crippen molar-refractivity contribution in [3.8, 4) is 0 Å². The lowest BCUT2D eigenvalue weighted by molar-refractivity contribution is -0.142. The highest BCUT2D eigenvalue weighted by atomic mass is 35.5. The van der Waals surface area contributed by atoms with Crippen LogP contribution < -0.4 is 15.4 Å².